The zero-order valence-electron chi connectivity index (χ0n) is 14.0. The molecule has 0 spiro atoms. The van der Waals surface area contributed by atoms with E-state index in [9.17, 15) is 4.79 Å². The van der Waals surface area contributed by atoms with Crippen LogP contribution in [0.4, 0.5) is 0 Å². The van der Waals surface area contributed by atoms with Crippen LogP contribution in [-0.4, -0.2) is 43.2 Å². The second kappa shape index (κ2) is 6.98. The van der Waals surface area contributed by atoms with Gasteiger partial charge in [0.05, 0.1) is 12.2 Å². The molecule has 0 bridgehead atoms. The summed E-state index contributed by atoms with van der Waals surface area (Å²) in [5.74, 6) is 1.26. The normalized spacial score (nSPS) is 18.3. The van der Waals surface area contributed by atoms with Gasteiger partial charge >= 0.3 is 0 Å². The molecule has 1 aliphatic heterocycles. The van der Waals surface area contributed by atoms with Crippen LogP contribution < -0.4 is 0 Å². The van der Waals surface area contributed by atoms with Gasteiger partial charge in [-0.25, -0.2) is 4.98 Å². The molecule has 1 atom stereocenters. The summed E-state index contributed by atoms with van der Waals surface area (Å²) in [4.78, 5) is 18.7. The monoisotopic (exact) mass is 315 g/mol. The fourth-order valence-corrected chi connectivity index (χ4v) is 3.23. The van der Waals surface area contributed by atoms with Crippen molar-refractivity contribution in [2.45, 2.75) is 52.1 Å². The van der Waals surface area contributed by atoms with Crippen LogP contribution in [-0.2, 0) is 11.3 Å². The Morgan fingerprint density at radius 3 is 2.96 bits per heavy atom. The highest BCUT2D eigenvalue weighted by Gasteiger charge is 2.24. The maximum absolute atomic E-state index is 12.5. The number of likely N-dealkylation sites (tertiary alicyclic amines) is 1. The van der Waals surface area contributed by atoms with E-state index in [4.69, 9.17) is 0 Å². The molecule has 3 heterocycles. The highest BCUT2D eigenvalue weighted by atomic mass is 16.2. The first kappa shape index (κ1) is 15.8. The molecule has 6 heteroatoms. The van der Waals surface area contributed by atoms with Gasteiger partial charge in [0, 0.05) is 44.6 Å². The third-order valence-corrected chi connectivity index (χ3v) is 4.57. The summed E-state index contributed by atoms with van der Waals surface area (Å²) >= 11 is 0. The molecule has 124 valence electrons. The lowest BCUT2D eigenvalue weighted by Gasteiger charge is -2.33. The zero-order chi connectivity index (χ0) is 16.2. The van der Waals surface area contributed by atoms with Crippen molar-refractivity contribution in [3.05, 3.63) is 36.2 Å². The smallest absolute Gasteiger partial charge is 0.222 e. The maximum atomic E-state index is 12.5. The summed E-state index contributed by atoms with van der Waals surface area (Å²) in [6, 6.07) is 0.317. The molecule has 0 N–H and O–H groups in total. The van der Waals surface area contributed by atoms with Crippen molar-refractivity contribution in [1.29, 1.82) is 0 Å². The van der Waals surface area contributed by atoms with Crippen molar-refractivity contribution in [3.8, 4) is 0 Å². The van der Waals surface area contributed by atoms with Gasteiger partial charge in [-0.15, -0.1) is 0 Å². The van der Waals surface area contributed by atoms with E-state index in [1.807, 2.05) is 35.8 Å². The molecular weight excluding hydrogens is 290 g/mol. The Labute approximate surface area is 137 Å². The summed E-state index contributed by atoms with van der Waals surface area (Å²) in [6.07, 6.45) is 11.3. The quantitative estimate of drug-likeness (QED) is 0.851. The second-order valence-corrected chi connectivity index (χ2v) is 6.40. The van der Waals surface area contributed by atoms with Gasteiger partial charge in [0.1, 0.15) is 5.82 Å². The number of carbonyl (C=O) groups is 1. The van der Waals surface area contributed by atoms with E-state index >= 15 is 0 Å². The number of aryl methyl sites for hydroxylation is 3. The van der Waals surface area contributed by atoms with E-state index in [1.54, 1.807) is 6.20 Å². The Balaban J connectivity index is 1.50. The first-order valence-electron chi connectivity index (χ1n) is 8.40. The van der Waals surface area contributed by atoms with Gasteiger partial charge < -0.3 is 9.47 Å². The average Bonchev–Trinajstić information content (AvgIpc) is 3.16. The predicted molar refractivity (Wildman–Crippen MR) is 88.0 cm³/mol. The molecule has 0 aliphatic carbocycles. The molecule has 1 fully saturated rings. The molecule has 0 saturated carbocycles. The zero-order valence-corrected chi connectivity index (χ0v) is 14.0. The molecule has 1 saturated heterocycles. The molecule has 2 aromatic rings. The molecule has 1 unspecified atom stereocenters. The largest absolute Gasteiger partial charge is 0.341 e. The standard InChI is InChI=1S/C17H25N5O/c1-14-11-19-22(12-14)16-5-3-9-21(13-16)17(23)6-4-8-20-10-7-18-15(20)2/h7,10-12,16H,3-6,8-9,13H2,1-2H3. The SMILES string of the molecule is Cc1cnn(C2CCCN(C(=O)CCCn3ccnc3C)C2)c1. The van der Waals surface area contributed by atoms with Gasteiger partial charge in [-0.1, -0.05) is 0 Å². The first-order chi connectivity index (χ1) is 11.1. The highest BCUT2D eigenvalue weighted by Crippen LogP contribution is 2.22. The minimum absolute atomic E-state index is 0.261. The van der Waals surface area contributed by atoms with Gasteiger partial charge in [-0.3, -0.25) is 9.48 Å². The van der Waals surface area contributed by atoms with Crippen molar-refractivity contribution in [3.63, 3.8) is 0 Å². The second-order valence-electron chi connectivity index (χ2n) is 6.40. The van der Waals surface area contributed by atoms with E-state index in [1.165, 1.54) is 5.56 Å². The molecule has 6 nitrogen and oxygen atoms in total. The lowest BCUT2D eigenvalue weighted by molar-refractivity contribution is -0.133. The van der Waals surface area contributed by atoms with Gasteiger partial charge in [-0.2, -0.15) is 5.10 Å². The summed E-state index contributed by atoms with van der Waals surface area (Å²) in [5, 5.41) is 4.41. The molecule has 1 aliphatic rings. The van der Waals surface area contributed by atoms with E-state index in [0.29, 0.717) is 12.5 Å². The van der Waals surface area contributed by atoms with Gasteiger partial charge in [-0.05, 0) is 38.7 Å². The van der Waals surface area contributed by atoms with Crippen LogP contribution in [0.15, 0.2) is 24.8 Å². The lowest BCUT2D eigenvalue weighted by Crippen LogP contribution is -2.40. The minimum Gasteiger partial charge on any atom is -0.341 e. The number of nitrogens with zero attached hydrogens (tertiary/aromatic N) is 5. The van der Waals surface area contributed by atoms with Gasteiger partial charge in [0.15, 0.2) is 0 Å². The van der Waals surface area contributed by atoms with E-state index in [2.05, 4.69) is 20.8 Å². The Morgan fingerprint density at radius 2 is 2.26 bits per heavy atom. The van der Waals surface area contributed by atoms with Crippen LogP contribution in [0, 0.1) is 13.8 Å². The molecule has 3 rings (SSSR count). The van der Waals surface area contributed by atoms with Gasteiger partial charge in [0.25, 0.3) is 0 Å². The maximum Gasteiger partial charge on any atom is 0.222 e. The number of imidazole rings is 1. The van der Waals surface area contributed by atoms with Crippen LogP contribution in [0.2, 0.25) is 0 Å². The molecule has 23 heavy (non-hydrogen) atoms. The molecular formula is C17H25N5O. The van der Waals surface area contributed by atoms with Crippen molar-refractivity contribution < 1.29 is 4.79 Å². The summed E-state index contributed by atoms with van der Waals surface area (Å²) in [7, 11) is 0. The van der Waals surface area contributed by atoms with Crippen molar-refractivity contribution in [2.24, 2.45) is 0 Å². The molecule has 0 radical (unpaired) electrons. The Kier molecular flexibility index (Phi) is 4.79. The lowest BCUT2D eigenvalue weighted by atomic mass is 10.1. The number of hydrogen-bond acceptors (Lipinski definition) is 3. The van der Waals surface area contributed by atoms with Crippen molar-refractivity contribution in [2.75, 3.05) is 13.1 Å². The van der Waals surface area contributed by atoms with E-state index in [0.717, 1.165) is 44.7 Å². The van der Waals surface area contributed by atoms with Crippen molar-refractivity contribution in [1.82, 2.24) is 24.2 Å². The fourth-order valence-electron chi connectivity index (χ4n) is 3.23. The Bertz CT molecular complexity index is 659. The third-order valence-electron chi connectivity index (χ3n) is 4.57. The average molecular weight is 315 g/mol. The van der Waals surface area contributed by atoms with Crippen LogP contribution >= 0.6 is 0 Å². The fraction of sp³-hybridized carbons (Fsp3) is 0.588. The van der Waals surface area contributed by atoms with Crippen LogP contribution in [0.1, 0.15) is 43.1 Å². The Hall–Kier alpha value is -2.11. The number of piperidine rings is 1. The van der Waals surface area contributed by atoms with Crippen LogP contribution in [0.3, 0.4) is 0 Å². The van der Waals surface area contributed by atoms with Crippen LogP contribution in [0.5, 0.6) is 0 Å². The predicted octanol–water partition coefficient (Wildman–Crippen LogP) is 2.34. The van der Waals surface area contributed by atoms with Gasteiger partial charge in [0.2, 0.25) is 5.91 Å². The number of amides is 1. The number of aromatic nitrogens is 4. The first-order valence-corrected chi connectivity index (χ1v) is 8.40. The number of carbonyl (C=O) groups excluding carboxylic acids is 1. The van der Waals surface area contributed by atoms with Crippen molar-refractivity contribution >= 4 is 5.91 Å². The highest BCUT2D eigenvalue weighted by molar-refractivity contribution is 5.76. The Morgan fingerprint density at radius 1 is 1.39 bits per heavy atom. The summed E-state index contributed by atoms with van der Waals surface area (Å²) in [5.41, 5.74) is 1.17. The number of hydrogen-bond donors (Lipinski definition) is 0. The minimum atomic E-state index is 0.261. The van der Waals surface area contributed by atoms with Crippen LogP contribution in [0.25, 0.3) is 0 Å². The summed E-state index contributed by atoms with van der Waals surface area (Å²) < 4.78 is 4.11. The third kappa shape index (κ3) is 3.81. The molecule has 0 aromatic carbocycles. The number of rotatable bonds is 5. The van der Waals surface area contributed by atoms with E-state index < -0.39 is 0 Å². The molecule has 2 aromatic heterocycles. The van der Waals surface area contributed by atoms with E-state index in [-0.39, 0.29) is 5.91 Å². The summed E-state index contributed by atoms with van der Waals surface area (Å²) in [6.45, 7) is 6.55. The topological polar surface area (TPSA) is 56.0 Å². The molecule has 1 amide bonds.